The van der Waals surface area contributed by atoms with E-state index in [2.05, 4.69) is 35.8 Å². The van der Waals surface area contributed by atoms with Crippen LogP contribution in [0, 0.1) is 5.92 Å². The van der Waals surface area contributed by atoms with Crippen molar-refractivity contribution in [2.45, 2.75) is 51.6 Å². The number of carbonyl (C=O) groups is 1. The van der Waals surface area contributed by atoms with Crippen molar-refractivity contribution in [1.29, 1.82) is 0 Å². The Morgan fingerprint density at radius 3 is 2.64 bits per heavy atom. The summed E-state index contributed by atoms with van der Waals surface area (Å²) >= 11 is 0. The van der Waals surface area contributed by atoms with Crippen molar-refractivity contribution in [3.8, 4) is 0 Å². The molecule has 1 aromatic heterocycles. The van der Waals surface area contributed by atoms with E-state index in [1.165, 1.54) is 25.7 Å². The fourth-order valence-electron chi connectivity index (χ4n) is 3.90. The number of para-hydroxylation sites is 1. The largest absolute Gasteiger partial charge is 0.466 e. The molecule has 1 aromatic carbocycles. The van der Waals surface area contributed by atoms with Gasteiger partial charge >= 0.3 is 5.97 Å². The molecule has 1 fully saturated rings. The highest BCUT2D eigenvalue weighted by Gasteiger charge is 2.24. The van der Waals surface area contributed by atoms with Gasteiger partial charge in [0.25, 0.3) is 0 Å². The second-order valence-corrected chi connectivity index (χ2v) is 7.27. The van der Waals surface area contributed by atoms with Crippen LogP contribution in [0.4, 0.5) is 0 Å². The molecule has 1 aliphatic rings. The monoisotopic (exact) mass is 343 g/mol. The number of hydrogen-bond acceptors (Lipinski definition) is 4. The Labute approximate surface area is 149 Å². The van der Waals surface area contributed by atoms with Crippen LogP contribution in [0.15, 0.2) is 24.3 Å². The minimum atomic E-state index is -0.204. The highest BCUT2D eigenvalue weighted by atomic mass is 16.5. The molecule has 0 unspecified atom stereocenters. The third kappa shape index (κ3) is 4.21. The van der Waals surface area contributed by atoms with Crippen LogP contribution in [-0.4, -0.2) is 47.4 Å². The average Bonchev–Trinajstić information content (AvgIpc) is 2.93. The number of nitrogens with zero attached hydrogens (tertiary/aromatic N) is 3. The van der Waals surface area contributed by atoms with Gasteiger partial charge in [-0.15, -0.1) is 0 Å². The number of benzene rings is 1. The molecule has 1 saturated carbocycles. The van der Waals surface area contributed by atoms with Gasteiger partial charge in [-0.2, -0.15) is 5.10 Å². The zero-order valence-corrected chi connectivity index (χ0v) is 15.6. The number of carbonyl (C=O) groups excluding carboxylic acids is 1. The minimum absolute atomic E-state index is 0.204. The molecule has 0 bridgehead atoms. The molecule has 5 heteroatoms. The van der Waals surface area contributed by atoms with E-state index in [4.69, 9.17) is 9.84 Å². The van der Waals surface area contributed by atoms with Crippen LogP contribution in [0.25, 0.3) is 10.9 Å². The Hall–Kier alpha value is -1.88. The van der Waals surface area contributed by atoms with Gasteiger partial charge in [0, 0.05) is 18.0 Å². The molecule has 1 heterocycles. The van der Waals surface area contributed by atoms with Gasteiger partial charge in [-0.1, -0.05) is 18.2 Å². The normalized spacial score (nSPS) is 21.0. The van der Waals surface area contributed by atoms with Gasteiger partial charge in [0.05, 0.1) is 24.2 Å². The van der Waals surface area contributed by atoms with Gasteiger partial charge in [0.1, 0.15) is 0 Å². The first-order valence-electron chi connectivity index (χ1n) is 9.35. The maximum Gasteiger partial charge on any atom is 0.311 e. The lowest BCUT2D eigenvalue weighted by Gasteiger charge is -2.32. The molecule has 0 N–H and O–H groups in total. The van der Waals surface area contributed by atoms with E-state index in [9.17, 15) is 4.79 Å². The van der Waals surface area contributed by atoms with Gasteiger partial charge in [0.2, 0.25) is 0 Å². The summed E-state index contributed by atoms with van der Waals surface area (Å²) < 4.78 is 7.20. The molecular weight excluding hydrogens is 314 g/mol. The van der Waals surface area contributed by atoms with Crippen molar-refractivity contribution in [3.05, 3.63) is 30.0 Å². The Kier molecular flexibility index (Phi) is 5.74. The summed E-state index contributed by atoms with van der Waals surface area (Å²) in [4.78, 5) is 14.2. The summed E-state index contributed by atoms with van der Waals surface area (Å²) in [6.45, 7) is 3.18. The fourth-order valence-corrected chi connectivity index (χ4v) is 3.90. The predicted molar refractivity (Wildman–Crippen MR) is 99.5 cm³/mol. The standard InChI is InChI=1S/C20H29N3O2/c1-4-25-20(24)13-18-17-7-5-6-8-19(17)23(21-18)14-15-9-11-16(12-10-15)22(2)3/h5-8,15-16H,4,9-14H2,1-3H3. The molecule has 3 rings (SSSR count). The van der Waals surface area contributed by atoms with Gasteiger partial charge in [-0.25, -0.2) is 0 Å². The third-order valence-corrected chi connectivity index (χ3v) is 5.33. The van der Waals surface area contributed by atoms with Crippen LogP contribution in [0.5, 0.6) is 0 Å². The van der Waals surface area contributed by atoms with Crippen LogP contribution in [-0.2, 0) is 22.5 Å². The fraction of sp³-hybridized carbons (Fsp3) is 0.600. The number of esters is 1. The Morgan fingerprint density at radius 2 is 1.96 bits per heavy atom. The Morgan fingerprint density at radius 1 is 1.24 bits per heavy atom. The minimum Gasteiger partial charge on any atom is -0.466 e. The number of aromatic nitrogens is 2. The smallest absolute Gasteiger partial charge is 0.311 e. The first-order chi connectivity index (χ1) is 12.1. The lowest BCUT2D eigenvalue weighted by Crippen LogP contribution is -2.33. The zero-order chi connectivity index (χ0) is 17.8. The van der Waals surface area contributed by atoms with Gasteiger partial charge in [-0.3, -0.25) is 9.48 Å². The van der Waals surface area contributed by atoms with E-state index < -0.39 is 0 Å². The Bertz CT molecular complexity index is 715. The lowest BCUT2D eigenvalue weighted by atomic mass is 9.85. The summed E-state index contributed by atoms with van der Waals surface area (Å²) in [5.74, 6) is 0.458. The summed E-state index contributed by atoms with van der Waals surface area (Å²) in [5, 5.41) is 5.83. The molecular formula is C20H29N3O2. The average molecular weight is 343 g/mol. The molecule has 25 heavy (non-hydrogen) atoms. The van der Waals surface area contributed by atoms with E-state index in [0.717, 1.165) is 23.1 Å². The predicted octanol–water partition coefficient (Wildman–Crippen LogP) is 3.26. The molecule has 0 aliphatic heterocycles. The maximum atomic E-state index is 11.9. The summed E-state index contributed by atoms with van der Waals surface area (Å²) in [6.07, 6.45) is 5.24. The van der Waals surface area contributed by atoms with E-state index in [1.54, 1.807) is 0 Å². The van der Waals surface area contributed by atoms with Crippen molar-refractivity contribution >= 4 is 16.9 Å². The van der Waals surface area contributed by atoms with Crippen molar-refractivity contribution in [1.82, 2.24) is 14.7 Å². The van der Waals surface area contributed by atoms with Crippen molar-refractivity contribution in [3.63, 3.8) is 0 Å². The number of fused-ring (bicyclic) bond motifs is 1. The summed E-state index contributed by atoms with van der Waals surface area (Å²) in [6, 6.07) is 8.91. The summed E-state index contributed by atoms with van der Waals surface area (Å²) in [7, 11) is 4.35. The van der Waals surface area contributed by atoms with E-state index in [0.29, 0.717) is 18.6 Å². The molecule has 0 saturated heterocycles. The van der Waals surface area contributed by atoms with Crippen LogP contribution in [0.3, 0.4) is 0 Å². The molecule has 0 radical (unpaired) electrons. The molecule has 2 aromatic rings. The SMILES string of the molecule is CCOC(=O)Cc1nn(CC2CCC(N(C)C)CC2)c2ccccc12. The van der Waals surface area contributed by atoms with E-state index in [-0.39, 0.29) is 12.4 Å². The maximum absolute atomic E-state index is 11.9. The van der Waals surface area contributed by atoms with Crippen LogP contribution < -0.4 is 0 Å². The lowest BCUT2D eigenvalue weighted by molar-refractivity contribution is -0.142. The first kappa shape index (κ1) is 17.9. The first-order valence-corrected chi connectivity index (χ1v) is 9.35. The molecule has 1 aliphatic carbocycles. The molecule has 0 amide bonds. The van der Waals surface area contributed by atoms with Crippen molar-refractivity contribution in [2.75, 3.05) is 20.7 Å². The molecule has 136 valence electrons. The highest BCUT2D eigenvalue weighted by Crippen LogP contribution is 2.29. The van der Waals surface area contributed by atoms with E-state index >= 15 is 0 Å². The van der Waals surface area contributed by atoms with Crippen molar-refractivity contribution < 1.29 is 9.53 Å². The van der Waals surface area contributed by atoms with E-state index in [1.807, 2.05) is 19.1 Å². The summed E-state index contributed by atoms with van der Waals surface area (Å²) in [5.41, 5.74) is 1.95. The zero-order valence-electron chi connectivity index (χ0n) is 15.6. The van der Waals surface area contributed by atoms with Crippen LogP contribution in [0.1, 0.15) is 38.3 Å². The highest BCUT2D eigenvalue weighted by molar-refractivity contribution is 5.86. The van der Waals surface area contributed by atoms with Gasteiger partial charge < -0.3 is 9.64 Å². The van der Waals surface area contributed by atoms with Crippen molar-refractivity contribution in [2.24, 2.45) is 5.92 Å². The number of hydrogen-bond donors (Lipinski definition) is 0. The molecule has 0 spiro atoms. The Balaban J connectivity index is 1.74. The van der Waals surface area contributed by atoms with Crippen LogP contribution in [0.2, 0.25) is 0 Å². The quantitative estimate of drug-likeness (QED) is 0.755. The number of ether oxygens (including phenoxy) is 1. The van der Waals surface area contributed by atoms with Gasteiger partial charge in [0.15, 0.2) is 0 Å². The van der Waals surface area contributed by atoms with Crippen LogP contribution >= 0.6 is 0 Å². The third-order valence-electron chi connectivity index (χ3n) is 5.33. The molecule has 0 atom stereocenters. The second-order valence-electron chi connectivity index (χ2n) is 7.27. The van der Waals surface area contributed by atoms with Gasteiger partial charge in [-0.05, 0) is 58.7 Å². The number of rotatable bonds is 6. The topological polar surface area (TPSA) is 47.4 Å². The molecule has 5 nitrogen and oxygen atoms in total. The second kappa shape index (κ2) is 8.00.